The number of nitrogens with zero attached hydrogens (tertiary/aromatic N) is 2. The second-order valence-electron chi connectivity index (χ2n) is 5.00. The zero-order valence-electron chi connectivity index (χ0n) is 11.5. The van der Waals surface area contributed by atoms with Crippen molar-refractivity contribution in [2.24, 2.45) is 5.92 Å². The Labute approximate surface area is 121 Å². The molecule has 0 spiro atoms. The fourth-order valence-electron chi connectivity index (χ4n) is 2.41. The van der Waals surface area contributed by atoms with E-state index in [1.807, 2.05) is 6.92 Å². The quantitative estimate of drug-likeness (QED) is 0.817. The average molecular weight is 286 g/mol. The van der Waals surface area contributed by atoms with E-state index in [-0.39, 0.29) is 18.5 Å². The molecule has 0 amide bonds. The molecule has 2 rings (SSSR count). The lowest BCUT2D eigenvalue weighted by atomic mass is 9.95. The van der Waals surface area contributed by atoms with Crippen LogP contribution in [0.5, 0.6) is 0 Å². The molecular weight excluding hydrogens is 262 g/mol. The fraction of sp³-hybridized carbons (Fsp3) is 0.714. The molecule has 1 N–H and O–H groups in total. The largest absolute Gasteiger partial charge is 0.372 e. The Hall–Kier alpha value is -0.710. The van der Waals surface area contributed by atoms with E-state index >= 15 is 0 Å². The zero-order valence-corrected chi connectivity index (χ0v) is 12.4. The molecule has 1 aromatic rings. The maximum Gasteiger partial charge on any atom is 0.0982 e. The normalized spacial score (nSPS) is 20.6. The van der Waals surface area contributed by atoms with Crippen LogP contribution < -0.4 is 5.32 Å². The van der Waals surface area contributed by atoms with Gasteiger partial charge < -0.3 is 10.1 Å². The topological polar surface area (TPSA) is 47.0 Å². The van der Waals surface area contributed by atoms with Gasteiger partial charge in [0.2, 0.25) is 0 Å². The number of halogens is 1. The number of ether oxygens (including phenoxy) is 1. The Morgan fingerprint density at radius 3 is 3.05 bits per heavy atom. The van der Waals surface area contributed by atoms with Crippen molar-refractivity contribution in [2.45, 2.75) is 38.7 Å². The Morgan fingerprint density at radius 1 is 1.47 bits per heavy atom. The third-order valence-electron chi connectivity index (χ3n) is 3.52. The smallest absolute Gasteiger partial charge is 0.0982 e. The maximum absolute atomic E-state index is 5.80. The van der Waals surface area contributed by atoms with Crippen molar-refractivity contribution in [3.63, 3.8) is 0 Å². The number of hydrogen-bond acceptors (Lipinski definition) is 4. The van der Waals surface area contributed by atoms with Gasteiger partial charge in [-0.2, -0.15) is 0 Å². The van der Waals surface area contributed by atoms with E-state index in [1.54, 1.807) is 18.6 Å². The molecule has 0 aliphatic carbocycles. The minimum absolute atomic E-state index is 0. The molecule has 0 saturated carbocycles. The summed E-state index contributed by atoms with van der Waals surface area (Å²) in [6.45, 7) is 5.22. The summed E-state index contributed by atoms with van der Waals surface area (Å²) in [5.74, 6) is 0.842. The minimum Gasteiger partial charge on any atom is -0.372 e. The van der Waals surface area contributed by atoms with Gasteiger partial charge in [0, 0.05) is 19.0 Å². The molecule has 1 aliphatic heterocycles. The van der Waals surface area contributed by atoms with E-state index < -0.39 is 0 Å². The molecule has 1 saturated heterocycles. The van der Waals surface area contributed by atoms with Gasteiger partial charge in [0.15, 0.2) is 0 Å². The molecule has 1 aliphatic rings. The van der Waals surface area contributed by atoms with Gasteiger partial charge in [0.05, 0.1) is 18.0 Å². The molecular formula is C14H24ClN3O. The predicted octanol–water partition coefficient (Wildman–Crippen LogP) is 2.76. The van der Waals surface area contributed by atoms with Crippen LogP contribution in [0, 0.1) is 5.92 Å². The molecule has 19 heavy (non-hydrogen) atoms. The molecule has 0 radical (unpaired) electrons. The van der Waals surface area contributed by atoms with E-state index in [4.69, 9.17) is 4.74 Å². The van der Waals surface area contributed by atoms with E-state index in [1.165, 1.54) is 32.4 Å². The first-order valence-corrected chi connectivity index (χ1v) is 6.94. The summed E-state index contributed by atoms with van der Waals surface area (Å²) in [6.07, 6.45) is 10.3. The molecule has 0 bridgehead atoms. The lowest BCUT2D eigenvalue weighted by Gasteiger charge is -2.22. The highest BCUT2D eigenvalue weighted by atomic mass is 35.5. The average Bonchev–Trinajstić information content (AvgIpc) is 2.45. The number of rotatable bonds is 6. The molecule has 4 nitrogen and oxygen atoms in total. The van der Waals surface area contributed by atoms with Crippen molar-refractivity contribution in [3.8, 4) is 0 Å². The van der Waals surface area contributed by atoms with E-state index in [0.717, 1.165) is 24.6 Å². The van der Waals surface area contributed by atoms with Crippen LogP contribution in [0.25, 0.3) is 0 Å². The van der Waals surface area contributed by atoms with Gasteiger partial charge in [-0.3, -0.25) is 9.97 Å². The van der Waals surface area contributed by atoms with Gasteiger partial charge in [0.25, 0.3) is 0 Å². The van der Waals surface area contributed by atoms with Crippen molar-refractivity contribution in [2.75, 3.05) is 19.7 Å². The van der Waals surface area contributed by atoms with Crippen LogP contribution in [-0.4, -0.2) is 29.7 Å². The predicted molar refractivity (Wildman–Crippen MR) is 78.5 cm³/mol. The zero-order chi connectivity index (χ0) is 12.6. The summed E-state index contributed by atoms with van der Waals surface area (Å²) in [4.78, 5) is 8.31. The molecule has 1 fully saturated rings. The number of nitrogens with one attached hydrogen (secondary N) is 1. The highest BCUT2D eigenvalue weighted by molar-refractivity contribution is 5.85. The van der Waals surface area contributed by atoms with Crippen molar-refractivity contribution in [1.29, 1.82) is 0 Å². The molecule has 2 unspecified atom stereocenters. The molecule has 108 valence electrons. The van der Waals surface area contributed by atoms with Gasteiger partial charge >= 0.3 is 0 Å². The maximum atomic E-state index is 5.80. The Bertz CT molecular complexity index is 331. The SMILES string of the molecule is CC(OCCCC1CCCNC1)c1cnccn1.Cl. The lowest BCUT2D eigenvalue weighted by Crippen LogP contribution is -2.29. The summed E-state index contributed by atoms with van der Waals surface area (Å²) in [5, 5.41) is 3.45. The second kappa shape index (κ2) is 9.23. The van der Waals surface area contributed by atoms with Crippen molar-refractivity contribution in [3.05, 3.63) is 24.3 Å². The van der Waals surface area contributed by atoms with E-state index in [9.17, 15) is 0 Å². The summed E-state index contributed by atoms with van der Waals surface area (Å²) in [6, 6.07) is 0. The van der Waals surface area contributed by atoms with Crippen LogP contribution in [0.3, 0.4) is 0 Å². The van der Waals surface area contributed by atoms with E-state index in [0.29, 0.717) is 0 Å². The summed E-state index contributed by atoms with van der Waals surface area (Å²) < 4.78 is 5.80. The number of hydrogen-bond donors (Lipinski definition) is 1. The van der Waals surface area contributed by atoms with Crippen LogP contribution in [0.4, 0.5) is 0 Å². The first-order valence-electron chi connectivity index (χ1n) is 6.94. The summed E-state index contributed by atoms with van der Waals surface area (Å²) in [5.41, 5.74) is 0.914. The Kier molecular flexibility index (Phi) is 7.94. The highest BCUT2D eigenvalue weighted by Crippen LogP contribution is 2.17. The second-order valence-corrected chi connectivity index (χ2v) is 5.00. The molecule has 1 aromatic heterocycles. The van der Waals surface area contributed by atoms with Crippen molar-refractivity contribution in [1.82, 2.24) is 15.3 Å². The third kappa shape index (κ3) is 5.85. The minimum atomic E-state index is 0. The Balaban J connectivity index is 0.00000180. The first kappa shape index (κ1) is 16.3. The van der Waals surface area contributed by atoms with Crippen molar-refractivity contribution >= 4 is 12.4 Å². The van der Waals surface area contributed by atoms with Crippen molar-refractivity contribution < 1.29 is 4.74 Å². The lowest BCUT2D eigenvalue weighted by molar-refractivity contribution is 0.0572. The summed E-state index contributed by atoms with van der Waals surface area (Å²) >= 11 is 0. The molecule has 2 atom stereocenters. The fourth-order valence-corrected chi connectivity index (χ4v) is 2.41. The van der Waals surface area contributed by atoms with Gasteiger partial charge in [0.1, 0.15) is 0 Å². The standard InChI is InChI=1S/C14H23N3O.ClH/c1-12(14-11-16-7-8-17-14)18-9-3-5-13-4-2-6-15-10-13;/h7-8,11-13,15H,2-6,9-10H2,1H3;1H. The third-order valence-corrected chi connectivity index (χ3v) is 3.52. The molecule has 5 heteroatoms. The van der Waals surface area contributed by atoms with Crippen LogP contribution in [-0.2, 0) is 4.74 Å². The number of aromatic nitrogens is 2. The van der Waals surface area contributed by atoms with Gasteiger partial charge in [-0.1, -0.05) is 0 Å². The molecule has 0 aromatic carbocycles. The highest BCUT2D eigenvalue weighted by Gasteiger charge is 2.13. The van der Waals surface area contributed by atoms with Crippen LogP contribution in [0.15, 0.2) is 18.6 Å². The summed E-state index contributed by atoms with van der Waals surface area (Å²) in [7, 11) is 0. The van der Waals surface area contributed by atoms with Crippen LogP contribution in [0.1, 0.15) is 44.4 Å². The Morgan fingerprint density at radius 2 is 2.37 bits per heavy atom. The molecule has 2 heterocycles. The van der Waals surface area contributed by atoms with Gasteiger partial charge in [-0.25, -0.2) is 0 Å². The van der Waals surface area contributed by atoms with Gasteiger partial charge in [-0.15, -0.1) is 12.4 Å². The van der Waals surface area contributed by atoms with Crippen LogP contribution in [0.2, 0.25) is 0 Å². The first-order chi connectivity index (χ1) is 8.86. The van der Waals surface area contributed by atoms with Crippen LogP contribution >= 0.6 is 12.4 Å². The monoisotopic (exact) mass is 285 g/mol. The number of piperidine rings is 1. The van der Waals surface area contributed by atoms with Gasteiger partial charge in [-0.05, 0) is 51.6 Å². The van der Waals surface area contributed by atoms with E-state index in [2.05, 4.69) is 15.3 Å².